The third kappa shape index (κ3) is 11.5. The first-order valence-corrected chi connectivity index (χ1v) is 25.6. The van der Waals surface area contributed by atoms with Crippen molar-refractivity contribution < 1.29 is 28.6 Å². The number of ether oxygens (including phenoxy) is 2. The molecule has 2 aliphatic heterocycles. The fourth-order valence-corrected chi connectivity index (χ4v) is 20.4. The van der Waals surface area contributed by atoms with Gasteiger partial charge < -0.3 is 5.11 Å². The van der Waals surface area contributed by atoms with Crippen molar-refractivity contribution in [2.75, 3.05) is 37.8 Å². The van der Waals surface area contributed by atoms with Crippen LogP contribution in [0.3, 0.4) is 0 Å². The number of nitrogens with one attached hydrogen (secondary N) is 1. The summed E-state index contributed by atoms with van der Waals surface area (Å²) in [6.45, 7) is 19.9. The molecule has 0 spiro atoms. The number of hydrogen-bond acceptors (Lipinski definition) is 8. The van der Waals surface area contributed by atoms with E-state index in [1.54, 1.807) is 0 Å². The van der Waals surface area contributed by atoms with Crippen molar-refractivity contribution in [1.82, 2.24) is 14.5 Å². The molecule has 1 aromatic heterocycles. The molecule has 3 rings (SSSR count). The van der Waals surface area contributed by atoms with Crippen molar-refractivity contribution >= 4 is 27.5 Å². The topological polar surface area (TPSA) is 140 Å². The standard InChI is InChI=1S/C40H72N3O8PSi/c1-10-13-24-52(25-14-11-2,26-15-12-3)27-16-22-42-32(17-19-35(42)46)18-20-36(47)50-37-33(28-44)49-39(43-23-21-34(45)41-40(43)48)38(37)51-53(29(4)5,30(6)7)31(8)9/h18,21,23,29-31,33,37-39,44,52H,10-17,19-20,22,24-28H2,1-9H3,(H,41,45,48)/t33-,37+,38?,39-/m1/s1. The molecule has 0 radical (unpaired) electrons. The predicted molar refractivity (Wildman–Crippen MR) is 219 cm³/mol. The summed E-state index contributed by atoms with van der Waals surface area (Å²) in [5.41, 5.74) is 0.169. The number of amides is 1. The van der Waals surface area contributed by atoms with E-state index < -0.39 is 63.9 Å². The molecule has 2 saturated heterocycles. The summed E-state index contributed by atoms with van der Waals surface area (Å²) < 4.78 is 20.8. The van der Waals surface area contributed by atoms with Crippen molar-refractivity contribution in [3.8, 4) is 0 Å². The number of esters is 1. The zero-order chi connectivity index (χ0) is 39.3. The number of aromatic nitrogens is 2. The molecule has 0 bridgehead atoms. The van der Waals surface area contributed by atoms with E-state index >= 15 is 0 Å². The number of aromatic amines is 1. The quantitative estimate of drug-likeness (QED) is 0.0669. The van der Waals surface area contributed by atoms with E-state index in [9.17, 15) is 24.3 Å². The molecule has 304 valence electrons. The Bertz CT molecular complexity index is 1420. The third-order valence-electron chi connectivity index (χ3n) is 11.9. The first-order valence-electron chi connectivity index (χ1n) is 20.6. The van der Waals surface area contributed by atoms with E-state index in [1.165, 1.54) is 80.0 Å². The van der Waals surface area contributed by atoms with Crippen LogP contribution in [-0.4, -0.2) is 95.9 Å². The van der Waals surface area contributed by atoms with E-state index in [4.69, 9.17) is 13.9 Å². The molecule has 2 N–H and O–H groups in total. The molecule has 1 amide bonds. The van der Waals surface area contributed by atoms with Gasteiger partial charge in [0.05, 0.1) is 0 Å². The Labute approximate surface area is 320 Å². The summed E-state index contributed by atoms with van der Waals surface area (Å²) >= 11 is 0. The van der Waals surface area contributed by atoms with Crippen LogP contribution in [0.1, 0.15) is 133 Å². The van der Waals surface area contributed by atoms with E-state index in [0.717, 1.165) is 12.1 Å². The zero-order valence-corrected chi connectivity index (χ0v) is 36.3. The van der Waals surface area contributed by atoms with E-state index in [2.05, 4.69) is 67.3 Å². The summed E-state index contributed by atoms with van der Waals surface area (Å²) in [5.74, 6) is -0.417. The molecular formula is C40H72N3O8PSi. The van der Waals surface area contributed by atoms with Gasteiger partial charge in [-0.2, -0.15) is 0 Å². The van der Waals surface area contributed by atoms with Gasteiger partial charge in [-0.05, 0) is 16.6 Å². The summed E-state index contributed by atoms with van der Waals surface area (Å²) in [5, 5.41) is 10.5. The van der Waals surface area contributed by atoms with Gasteiger partial charge in [0.15, 0.2) is 0 Å². The minimum absolute atomic E-state index is 0.0486. The van der Waals surface area contributed by atoms with Crippen molar-refractivity contribution in [3.63, 3.8) is 0 Å². The van der Waals surface area contributed by atoms with Crippen LogP contribution in [0.5, 0.6) is 0 Å². The molecule has 13 heteroatoms. The summed E-state index contributed by atoms with van der Waals surface area (Å²) in [6.07, 6.45) is 14.2. The number of rotatable bonds is 23. The number of carbonyl (C=O) groups excluding carboxylic acids is 2. The Kier molecular flexibility index (Phi) is 18.2. The van der Waals surface area contributed by atoms with Crippen molar-refractivity contribution in [1.29, 1.82) is 0 Å². The number of nitrogens with zero attached hydrogens (tertiary/aromatic N) is 2. The normalized spacial score (nSPS) is 22.2. The molecule has 2 aliphatic rings. The minimum Gasteiger partial charge on any atom is -0.394 e. The van der Waals surface area contributed by atoms with Gasteiger partial charge in [-0.1, -0.05) is 41.5 Å². The Morgan fingerprint density at radius 2 is 1.49 bits per heavy atom. The van der Waals surface area contributed by atoms with Gasteiger partial charge in [-0.25, -0.2) is 4.79 Å². The fraction of sp³-hybridized carbons (Fsp3) is 0.800. The SMILES string of the molecule is CCCC[PH](CCCC)(CCCC)CCCN1C(=O)CCC1=CCC(=O)O[C@@H]1C(O[Si](C(C)C)(C(C)C)C(C)C)[C@H](n2ccc(=O)[nH]c2=O)O[C@@H]1CO. The fourth-order valence-electron chi connectivity index (χ4n) is 9.18. The van der Waals surface area contributed by atoms with Crippen LogP contribution in [0.4, 0.5) is 0 Å². The molecule has 1 unspecified atom stereocenters. The molecule has 4 atom stereocenters. The van der Waals surface area contributed by atoms with Crippen molar-refractivity contribution in [2.24, 2.45) is 0 Å². The van der Waals surface area contributed by atoms with E-state index in [1.807, 2.05) is 11.0 Å². The molecule has 1 aromatic rings. The Morgan fingerprint density at radius 3 is 2.00 bits per heavy atom. The molecule has 53 heavy (non-hydrogen) atoms. The van der Waals surface area contributed by atoms with Gasteiger partial charge in [0.1, 0.15) is 0 Å². The number of aliphatic hydroxyl groups is 1. The smallest absolute Gasteiger partial charge is 0.394 e. The molecule has 0 aliphatic carbocycles. The molecule has 2 fully saturated rings. The maximum absolute atomic E-state index is 13.7. The second-order valence-electron chi connectivity index (χ2n) is 16.5. The number of H-pyrrole nitrogens is 1. The number of hydrogen-bond donors (Lipinski definition) is 2. The van der Waals surface area contributed by atoms with Crippen LogP contribution >= 0.6 is 7.26 Å². The third-order valence-corrected chi connectivity index (χ3v) is 23.7. The number of carbonyl (C=O) groups is 2. The minimum atomic E-state index is -2.63. The molecule has 3 heterocycles. The van der Waals surface area contributed by atoms with Gasteiger partial charge >= 0.3 is 212 Å². The first-order chi connectivity index (χ1) is 25.2. The summed E-state index contributed by atoms with van der Waals surface area (Å²) in [6, 6.07) is 1.23. The zero-order valence-electron chi connectivity index (χ0n) is 34.3. The number of allylic oxidation sites excluding steroid dienone is 1. The maximum atomic E-state index is 13.7. The van der Waals surface area contributed by atoms with Gasteiger partial charge in [0.2, 0.25) is 8.32 Å². The molecular weight excluding hydrogens is 710 g/mol. The van der Waals surface area contributed by atoms with Gasteiger partial charge in [0, 0.05) is 12.3 Å². The first kappa shape index (κ1) is 45.3. The molecule has 11 nitrogen and oxygen atoms in total. The number of aliphatic hydroxyl groups excluding tert-OH is 1. The van der Waals surface area contributed by atoms with Crippen LogP contribution in [0, 0.1) is 0 Å². The summed E-state index contributed by atoms with van der Waals surface area (Å²) in [7, 11) is -4.07. The second-order valence-corrected chi connectivity index (χ2v) is 26.9. The van der Waals surface area contributed by atoms with Crippen molar-refractivity contribution in [3.05, 3.63) is 44.9 Å². The number of likely N-dealkylation sites (tertiary alicyclic amines) is 1. The van der Waals surface area contributed by atoms with E-state index in [0.29, 0.717) is 19.4 Å². The van der Waals surface area contributed by atoms with Crippen LogP contribution in [0.15, 0.2) is 33.6 Å². The van der Waals surface area contributed by atoms with Crippen LogP contribution in [0.2, 0.25) is 16.6 Å². The Balaban J connectivity index is 1.84. The van der Waals surface area contributed by atoms with Crippen LogP contribution < -0.4 is 11.2 Å². The Morgan fingerprint density at radius 1 is 0.925 bits per heavy atom. The van der Waals surface area contributed by atoms with E-state index in [-0.39, 0.29) is 29.0 Å². The van der Waals surface area contributed by atoms with Gasteiger partial charge in [-0.15, -0.1) is 0 Å². The summed E-state index contributed by atoms with van der Waals surface area (Å²) in [4.78, 5) is 55.9. The van der Waals surface area contributed by atoms with Gasteiger partial charge in [0.25, 0.3) is 5.56 Å². The predicted octanol–water partition coefficient (Wildman–Crippen LogP) is 7.34. The monoisotopic (exact) mass is 781 g/mol. The molecule has 0 saturated carbocycles. The average molecular weight is 782 g/mol. The molecule has 0 aromatic carbocycles. The number of unbranched alkanes of at least 4 members (excludes halogenated alkanes) is 3. The van der Waals surface area contributed by atoms with Gasteiger partial charge in [-0.3, -0.25) is 14.3 Å². The second kappa shape index (κ2) is 21.3. The average Bonchev–Trinajstić information content (AvgIpc) is 3.64. The van der Waals surface area contributed by atoms with Crippen molar-refractivity contribution in [2.45, 2.75) is 168 Å². The van der Waals surface area contributed by atoms with Crippen LogP contribution in [-0.2, 0) is 23.5 Å². The van der Waals surface area contributed by atoms with Crippen LogP contribution in [0.25, 0.3) is 0 Å². The Hall–Kier alpha value is -2.11.